The Morgan fingerprint density at radius 3 is 2.18 bits per heavy atom. The van der Waals surface area contributed by atoms with Crippen LogP contribution in [0.15, 0.2) is 29.4 Å². The maximum Gasteiger partial charge on any atom is 0.348 e. The molecule has 2 rings (SSSR count). The van der Waals surface area contributed by atoms with Gasteiger partial charge in [0.05, 0.1) is 25.0 Å². The van der Waals surface area contributed by atoms with Crippen molar-refractivity contribution in [3.63, 3.8) is 0 Å². The number of nitrogens with one attached hydrogen (secondary N) is 2. The third-order valence-electron chi connectivity index (χ3n) is 4.72. The summed E-state index contributed by atoms with van der Waals surface area (Å²) >= 11 is 0.951. The first-order valence-electron chi connectivity index (χ1n) is 10.8. The Hall–Kier alpha value is -3.40. The minimum absolute atomic E-state index is 0.121. The molecular formula is C23H30N4O5S. The molecule has 0 saturated heterocycles. The molecule has 9 nitrogen and oxygen atoms in total. The van der Waals surface area contributed by atoms with Gasteiger partial charge in [-0.1, -0.05) is 12.1 Å². The lowest BCUT2D eigenvalue weighted by Crippen LogP contribution is -2.25. The topological polar surface area (TPSA) is 109 Å². The number of carbonyl (C=O) groups is 3. The first kappa shape index (κ1) is 25.9. The minimum atomic E-state index is -0.659. The monoisotopic (exact) mass is 474 g/mol. The van der Waals surface area contributed by atoms with Crippen LogP contribution in [0.3, 0.4) is 0 Å². The Bertz CT molecular complexity index is 997. The Labute approximate surface area is 197 Å². The zero-order valence-corrected chi connectivity index (χ0v) is 20.4. The third-order valence-corrected chi connectivity index (χ3v) is 5.90. The molecule has 2 amide bonds. The fourth-order valence-corrected chi connectivity index (χ4v) is 4.18. The number of nitrogens with zero attached hydrogens (tertiary/aromatic N) is 2. The molecule has 0 saturated carbocycles. The first-order chi connectivity index (χ1) is 15.9. The number of urea groups is 1. The van der Waals surface area contributed by atoms with Crippen molar-refractivity contribution in [3.8, 4) is 0 Å². The zero-order valence-electron chi connectivity index (χ0n) is 19.6. The SMILES string of the molecule is CCOC(=O)c1sc(NC(=O)NN=Cc2ccc(N(CC)CC)cc2)c(C(=O)OCC)c1C. The number of amides is 2. The van der Waals surface area contributed by atoms with Crippen molar-refractivity contribution >= 4 is 46.2 Å². The molecule has 33 heavy (non-hydrogen) atoms. The van der Waals surface area contributed by atoms with Crippen LogP contribution in [0.25, 0.3) is 0 Å². The molecule has 0 unspecified atom stereocenters. The van der Waals surface area contributed by atoms with Crippen LogP contribution in [0.2, 0.25) is 0 Å². The van der Waals surface area contributed by atoms with Crippen molar-refractivity contribution < 1.29 is 23.9 Å². The highest BCUT2D eigenvalue weighted by molar-refractivity contribution is 7.18. The average Bonchev–Trinajstić information content (AvgIpc) is 3.11. The van der Waals surface area contributed by atoms with E-state index in [1.165, 1.54) is 6.21 Å². The second kappa shape index (κ2) is 12.6. The van der Waals surface area contributed by atoms with Crippen molar-refractivity contribution in [2.75, 3.05) is 36.5 Å². The van der Waals surface area contributed by atoms with E-state index in [1.807, 2.05) is 24.3 Å². The number of anilines is 2. The summed E-state index contributed by atoms with van der Waals surface area (Å²) in [5, 5.41) is 6.71. The molecule has 178 valence electrons. The van der Waals surface area contributed by atoms with Gasteiger partial charge in [0, 0.05) is 18.8 Å². The largest absolute Gasteiger partial charge is 0.462 e. The Balaban J connectivity index is 2.11. The van der Waals surface area contributed by atoms with Crippen LogP contribution in [0.5, 0.6) is 0 Å². The molecule has 0 spiro atoms. The lowest BCUT2D eigenvalue weighted by atomic mass is 10.1. The van der Waals surface area contributed by atoms with Gasteiger partial charge in [0.25, 0.3) is 0 Å². The second-order valence-corrected chi connectivity index (χ2v) is 7.81. The second-order valence-electron chi connectivity index (χ2n) is 6.79. The number of esters is 2. The van der Waals surface area contributed by atoms with E-state index < -0.39 is 18.0 Å². The van der Waals surface area contributed by atoms with Crippen molar-refractivity contribution in [2.24, 2.45) is 5.10 Å². The zero-order chi connectivity index (χ0) is 24.4. The normalized spacial score (nSPS) is 10.7. The van der Waals surface area contributed by atoms with E-state index in [2.05, 4.69) is 34.6 Å². The number of hydrogen-bond acceptors (Lipinski definition) is 8. The van der Waals surface area contributed by atoms with Crippen LogP contribution in [0.4, 0.5) is 15.5 Å². The molecule has 0 atom stereocenters. The van der Waals surface area contributed by atoms with Gasteiger partial charge in [-0.15, -0.1) is 11.3 Å². The van der Waals surface area contributed by atoms with E-state index in [4.69, 9.17) is 9.47 Å². The highest BCUT2D eigenvalue weighted by atomic mass is 32.1. The Morgan fingerprint density at radius 1 is 1.00 bits per heavy atom. The van der Waals surface area contributed by atoms with Crippen molar-refractivity contribution in [1.29, 1.82) is 0 Å². The van der Waals surface area contributed by atoms with Crippen LogP contribution in [0.1, 0.15) is 58.9 Å². The minimum Gasteiger partial charge on any atom is -0.462 e. The van der Waals surface area contributed by atoms with E-state index in [0.29, 0.717) is 5.56 Å². The summed E-state index contributed by atoms with van der Waals surface area (Å²) in [6, 6.07) is 7.14. The summed E-state index contributed by atoms with van der Waals surface area (Å²) in [6.45, 7) is 11.4. The number of rotatable bonds is 10. The molecule has 2 aromatic rings. The summed E-state index contributed by atoms with van der Waals surface area (Å²) in [5.41, 5.74) is 4.81. The van der Waals surface area contributed by atoms with Gasteiger partial charge in [-0.2, -0.15) is 5.10 Å². The van der Waals surface area contributed by atoms with E-state index in [0.717, 1.165) is 35.7 Å². The number of thiophene rings is 1. The maximum atomic E-state index is 12.4. The van der Waals surface area contributed by atoms with Crippen LogP contribution >= 0.6 is 11.3 Å². The van der Waals surface area contributed by atoms with Gasteiger partial charge in [0.1, 0.15) is 9.88 Å². The molecule has 0 aliphatic carbocycles. The Kier molecular flexibility index (Phi) is 9.86. The van der Waals surface area contributed by atoms with Crippen LogP contribution in [0, 0.1) is 6.92 Å². The van der Waals surface area contributed by atoms with Crippen LogP contribution < -0.4 is 15.6 Å². The number of hydrazone groups is 1. The molecule has 1 aromatic heterocycles. The predicted octanol–water partition coefficient (Wildman–Crippen LogP) is 4.41. The molecule has 0 bridgehead atoms. The molecular weight excluding hydrogens is 444 g/mol. The lowest BCUT2D eigenvalue weighted by molar-refractivity contribution is 0.0527. The standard InChI is InChI=1S/C23H30N4O5S/c1-6-27(7-2)17-12-10-16(11-13-17)14-24-26-23(30)25-20-18(21(28)31-8-3)15(5)19(33-20)22(29)32-9-4/h10-14H,6-9H2,1-5H3,(H2,25,26,30). The summed E-state index contributed by atoms with van der Waals surface area (Å²) in [6.07, 6.45) is 1.52. The summed E-state index contributed by atoms with van der Waals surface area (Å²) in [5.74, 6) is -1.20. The highest BCUT2D eigenvalue weighted by Crippen LogP contribution is 2.34. The van der Waals surface area contributed by atoms with Gasteiger partial charge in [0.2, 0.25) is 0 Å². The number of hydrogen-bond donors (Lipinski definition) is 2. The molecule has 0 aliphatic heterocycles. The summed E-state index contributed by atoms with van der Waals surface area (Å²) in [4.78, 5) is 39.4. The highest BCUT2D eigenvalue weighted by Gasteiger charge is 2.27. The molecule has 1 heterocycles. The molecule has 0 aliphatic rings. The molecule has 0 radical (unpaired) electrons. The van der Waals surface area contributed by atoms with Gasteiger partial charge in [0.15, 0.2) is 0 Å². The first-order valence-corrected chi connectivity index (χ1v) is 11.6. The molecule has 0 fully saturated rings. The number of benzene rings is 1. The van der Waals surface area contributed by atoms with Crippen molar-refractivity contribution in [1.82, 2.24) is 5.43 Å². The summed E-state index contributed by atoms with van der Waals surface area (Å²) < 4.78 is 10.1. The van der Waals surface area contributed by atoms with Gasteiger partial charge >= 0.3 is 18.0 Å². The fraction of sp³-hybridized carbons (Fsp3) is 0.391. The van der Waals surface area contributed by atoms with E-state index >= 15 is 0 Å². The maximum absolute atomic E-state index is 12.4. The van der Waals surface area contributed by atoms with Crippen molar-refractivity contribution in [2.45, 2.75) is 34.6 Å². The van der Waals surface area contributed by atoms with Gasteiger partial charge in [-0.05, 0) is 57.9 Å². The average molecular weight is 475 g/mol. The number of ether oxygens (including phenoxy) is 2. The van der Waals surface area contributed by atoms with Crippen molar-refractivity contribution in [3.05, 3.63) is 45.8 Å². The molecule has 1 aromatic carbocycles. The van der Waals surface area contributed by atoms with Crippen LogP contribution in [-0.4, -0.2) is 50.5 Å². The smallest absolute Gasteiger partial charge is 0.348 e. The fourth-order valence-electron chi connectivity index (χ4n) is 3.10. The summed E-state index contributed by atoms with van der Waals surface area (Å²) in [7, 11) is 0. The van der Waals surface area contributed by atoms with E-state index in [9.17, 15) is 14.4 Å². The number of carbonyl (C=O) groups excluding carboxylic acids is 3. The van der Waals surface area contributed by atoms with Gasteiger partial charge in [-0.25, -0.2) is 19.8 Å². The van der Waals surface area contributed by atoms with E-state index in [1.54, 1.807) is 20.8 Å². The Morgan fingerprint density at radius 2 is 1.61 bits per heavy atom. The predicted molar refractivity (Wildman–Crippen MR) is 131 cm³/mol. The van der Waals surface area contributed by atoms with Gasteiger partial charge in [-0.3, -0.25) is 5.32 Å². The molecule has 2 N–H and O–H groups in total. The quantitative estimate of drug-likeness (QED) is 0.300. The van der Waals surface area contributed by atoms with E-state index in [-0.39, 0.29) is 28.7 Å². The van der Waals surface area contributed by atoms with Gasteiger partial charge < -0.3 is 14.4 Å². The third kappa shape index (κ3) is 6.79. The molecule has 10 heteroatoms. The van der Waals surface area contributed by atoms with Crippen LogP contribution in [-0.2, 0) is 9.47 Å². The lowest BCUT2D eigenvalue weighted by Gasteiger charge is -2.20.